The second-order valence-corrected chi connectivity index (χ2v) is 5.19. The first kappa shape index (κ1) is 13.0. The fourth-order valence-electron chi connectivity index (χ4n) is 2.44. The normalized spacial score (nSPS) is 13.1. The van der Waals surface area contributed by atoms with E-state index in [0.717, 1.165) is 23.3 Å². The lowest BCUT2D eigenvalue weighted by Gasteiger charge is -2.10. The second kappa shape index (κ2) is 4.83. The van der Waals surface area contributed by atoms with E-state index in [1.165, 1.54) is 6.20 Å². The quantitative estimate of drug-likeness (QED) is 0.944. The molecule has 0 saturated heterocycles. The van der Waals surface area contributed by atoms with Crippen LogP contribution in [-0.2, 0) is 13.0 Å². The zero-order valence-corrected chi connectivity index (χ0v) is 11.6. The first-order valence-corrected chi connectivity index (χ1v) is 6.64. The molecule has 1 aliphatic rings. The Hall–Kier alpha value is -2.01. The average molecular weight is 293 g/mol. The zero-order valence-electron chi connectivity index (χ0n) is 10.9. The number of carbonyl (C=O) groups is 1. The van der Waals surface area contributed by atoms with Crippen LogP contribution in [0, 0.1) is 6.92 Å². The van der Waals surface area contributed by atoms with Crippen LogP contribution in [-0.4, -0.2) is 27.5 Å². The Morgan fingerprint density at radius 3 is 3.05 bits per heavy atom. The highest BCUT2D eigenvalue weighted by Crippen LogP contribution is 2.33. The van der Waals surface area contributed by atoms with Gasteiger partial charge in [-0.25, -0.2) is 4.79 Å². The fraction of sp³-hybridized carbons (Fsp3) is 0.286. The van der Waals surface area contributed by atoms with Gasteiger partial charge in [-0.2, -0.15) is 5.10 Å². The topological polar surface area (TPSA) is 64.3 Å². The number of benzene rings is 1. The number of halogens is 1. The van der Waals surface area contributed by atoms with Crippen molar-refractivity contribution in [1.29, 1.82) is 0 Å². The summed E-state index contributed by atoms with van der Waals surface area (Å²) in [4.78, 5) is 11.0. The van der Waals surface area contributed by atoms with Gasteiger partial charge in [-0.3, -0.25) is 4.68 Å². The van der Waals surface area contributed by atoms with Gasteiger partial charge in [0.25, 0.3) is 0 Å². The lowest BCUT2D eigenvalue weighted by atomic mass is 10.1. The Kier molecular flexibility index (Phi) is 3.14. The Balaban J connectivity index is 1.98. The summed E-state index contributed by atoms with van der Waals surface area (Å²) in [6.07, 6.45) is 2.21. The molecule has 2 aromatic rings. The van der Waals surface area contributed by atoms with Crippen molar-refractivity contribution in [2.45, 2.75) is 19.9 Å². The first-order chi connectivity index (χ1) is 9.56. The van der Waals surface area contributed by atoms with Crippen molar-refractivity contribution in [1.82, 2.24) is 9.78 Å². The Morgan fingerprint density at radius 2 is 2.35 bits per heavy atom. The molecule has 1 aromatic carbocycles. The zero-order chi connectivity index (χ0) is 14.3. The van der Waals surface area contributed by atoms with E-state index in [-0.39, 0.29) is 5.56 Å². The van der Waals surface area contributed by atoms with Crippen molar-refractivity contribution < 1.29 is 14.6 Å². The molecule has 3 rings (SSSR count). The maximum Gasteiger partial charge on any atom is 0.339 e. The minimum Gasteiger partial charge on any atom is -0.493 e. The van der Waals surface area contributed by atoms with Gasteiger partial charge in [0, 0.05) is 17.0 Å². The monoisotopic (exact) mass is 292 g/mol. The van der Waals surface area contributed by atoms with Crippen LogP contribution in [0.1, 0.15) is 27.2 Å². The van der Waals surface area contributed by atoms with Crippen LogP contribution in [0.2, 0.25) is 5.02 Å². The van der Waals surface area contributed by atoms with E-state index in [0.29, 0.717) is 23.9 Å². The molecule has 0 atom stereocenters. The number of nitrogens with zero attached hydrogens (tertiary/aromatic N) is 2. The minimum atomic E-state index is -0.971. The minimum absolute atomic E-state index is 0.213. The van der Waals surface area contributed by atoms with E-state index >= 15 is 0 Å². The third kappa shape index (κ3) is 2.14. The molecule has 6 heteroatoms. The molecule has 0 saturated carbocycles. The van der Waals surface area contributed by atoms with Gasteiger partial charge in [0.05, 0.1) is 25.0 Å². The van der Waals surface area contributed by atoms with Gasteiger partial charge in [0.2, 0.25) is 0 Å². The standard InChI is InChI=1S/C14H13ClN2O3/c1-8-12(14(18)19)6-16-17(8)7-10-5-11(15)4-9-2-3-20-13(9)10/h4-6H,2-3,7H2,1H3,(H,18,19). The van der Waals surface area contributed by atoms with Crippen LogP contribution in [0.5, 0.6) is 5.75 Å². The van der Waals surface area contributed by atoms with Crippen LogP contribution < -0.4 is 4.74 Å². The van der Waals surface area contributed by atoms with Crippen molar-refractivity contribution in [2.24, 2.45) is 0 Å². The van der Waals surface area contributed by atoms with E-state index < -0.39 is 5.97 Å². The molecule has 2 heterocycles. The van der Waals surface area contributed by atoms with E-state index in [2.05, 4.69) is 5.10 Å². The van der Waals surface area contributed by atoms with Crippen molar-refractivity contribution in [2.75, 3.05) is 6.61 Å². The van der Waals surface area contributed by atoms with Crippen molar-refractivity contribution in [3.8, 4) is 5.75 Å². The van der Waals surface area contributed by atoms with Crippen LogP contribution >= 0.6 is 11.6 Å². The maximum absolute atomic E-state index is 11.0. The van der Waals surface area contributed by atoms with Gasteiger partial charge >= 0.3 is 5.97 Å². The van der Waals surface area contributed by atoms with E-state index in [4.69, 9.17) is 21.4 Å². The predicted octanol–water partition coefficient (Wildman–Crippen LogP) is 2.53. The van der Waals surface area contributed by atoms with Crippen molar-refractivity contribution in [3.05, 3.63) is 45.7 Å². The molecule has 1 aromatic heterocycles. The van der Waals surface area contributed by atoms with E-state index in [1.807, 2.05) is 12.1 Å². The van der Waals surface area contributed by atoms with Gasteiger partial charge in [0.1, 0.15) is 11.3 Å². The SMILES string of the molecule is Cc1c(C(=O)O)cnn1Cc1cc(Cl)cc2c1OCC2. The summed E-state index contributed by atoms with van der Waals surface area (Å²) in [5.74, 6) is -0.123. The van der Waals surface area contributed by atoms with Crippen LogP contribution in [0.3, 0.4) is 0 Å². The largest absolute Gasteiger partial charge is 0.493 e. The first-order valence-electron chi connectivity index (χ1n) is 6.26. The number of hydrogen-bond acceptors (Lipinski definition) is 3. The third-order valence-electron chi connectivity index (χ3n) is 3.48. The molecular formula is C14H13ClN2O3. The molecule has 1 aliphatic heterocycles. The number of rotatable bonds is 3. The van der Waals surface area contributed by atoms with Gasteiger partial charge in [-0.1, -0.05) is 11.6 Å². The summed E-state index contributed by atoms with van der Waals surface area (Å²) in [5.41, 5.74) is 2.85. The molecule has 0 amide bonds. The van der Waals surface area contributed by atoms with Crippen LogP contribution in [0.4, 0.5) is 0 Å². The molecule has 1 N–H and O–H groups in total. The molecule has 0 fully saturated rings. The molecule has 0 radical (unpaired) electrons. The highest BCUT2D eigenvalue weighted by molar-refractivity contribution is 6.30. The summed E-state index contributed by atoms with van der Waals surface area (Å²) < 4.78 is 7.28. The van der Waals surface area contributed by atoms with Gasteiger partial charge in [-0.15, -0.1) is 0 Å². The van der Waals surface area contributed by atoms with Gasteiger partial charge in [-0.05, 0) is 24.6 Å². The number of carboxylic acids is 1. The highest BCUT2D eigenvalue weighted by Gasteiger charge is 2.19. The predicted molar refractivity (Wildman–Crippen MR) is 73.7 cm³/mol. The summed E-state index contributed by atoms with van der Waals surface area (Å²) >= 11 is 6.11. The number of ether oxygens (including phenoxy) is 1. The number of aromatic carboxylic acids is 1. The second-order valence-electron chi connectivity index (χ2n) is 4.76. The highest BCUT2D eigenvalue weighted by atomic mass is 35.5. The lowest BCUT2D eigenvalue weighted by molar-refractivity contribution is 0.0696. The van der Waals surface area contributed by atoms with Gasteiger partial charge < -0.3 is 9.84 Å². The molecule has 0 bridgehead atoms. The average Bonchev–Trinajstić information content (AvgIpc) is 2.97. The lowest BCUT2D eigenvalue weighted by Crippen LogP contribution is -2.07. The Bertz CT molecular complexity index is 694. The van der Waals surface area contributed by atoms with E-state index in [9.17, 15) is 4.79 Å². The maximum atomic E-state index is 11.0. The molecule has 0 unspecified atom stereocenters. The molecule has 20 heavy (non-hydrogen) atoms. The molecule has 0 spiro atoms. The van der Waals surface area contributed by atoms with E-state index in [1.54, 1.807) is 11.6 Å². The summed E-state index contributed by atoms with van der Waals surface area (Å²) in [5, 5.41) is 13.8. The smallest absolute Gasteiger partial charge is 0.339 e. The molecule has 5 nitrogen and oxygen atoms in total. The van der Waals surface area contributed by atoms with Crippen molar-refractivity contribution >= 4 is 17.6 Å². The summed E-state index contributed by atoms with van der Waals surface area (Å²) in [6, 6.07) is 3.75. The number of hydrogen-bond donors (Lipinski definition) is 1. The van der Waals surface area contributed by atoms with Crippen molar-refractivity contribution in [3.63, 3.8) is 0 Å². The molecule has 0 aliphatic carbocycles. The Morgan fingerprint density at radius 1 is 1.55 bits per heavy atom. The Labute approximate surface area is 120 Å². The van der Waals surface area contributed by atoms with Crippen LogP contribution in [0.25, 0.3) is 0 Å². The van der Waals surface area contributed by atoms with Crippen LogP contribution in [0.15, 0.2) is 18.3 Å². The molecular weight excluding hydrogens is 280 g/mol. The third-order valence-corrected chi connectivity index (χ3v) is 3.70. The summed E-state index contributed by atoms with van der Waals surface area (Å²) in [7, 11) is 0. The number of aromatic nitrogens is 2. The fourth-order valence-corrected chi connectivity index (χ4v) is 2.70. The summed E-state index contributed by atoms with van der Waals surface area (Å²) in [6.45, 7) is 2.84. The number of fused-ring (bicyclic) bond motifs is 1. The van der Waals surface area contributed by atoms with Gasteiger partial charge in [0.15, 0.2) is 0 Å². The molecule has 104 valence electrons. The number of carboxylic acid groups (broad SMARTS) is 1.